The second-order valence-corrected chi connectivity index (χ2v) is 9.59. The molecule has 4 heterocycles. The Hall–Kier alpha value is -1.82. The Balaban J connectivity index is 1.27. The van der Waals surface area contributed by atoms with Gasteiger partial charge in [-0.2, -0.15) is 0 Å². The Bertz CT molecular complexity index is 725. The third kappa shape index (κ3) is 3.60. The fraction of sp³-hybridized carbons (Fsp3) is 0.739. The molecule has 1 N–H and O–H groups in total. The molecule has 1 saturated carbocycles. The molecule has 0 unspecified atom stereocenters. The highest BCUT2D eigenvalue weighted by Crippen LogP contribution is 2.43. The summed E-state index contributed by atoms with van der Waals surface area (Å²) in [7, 11) is 0. The lowest BCUT2D eigenvalue weighted by molar-refractivity contribution is -0.139. The first-order valence-electron chi connectivity index (χ1n) is 11.6. The zero-order chi connectivity index (χ0) is 19.8. The molecule has 6 heteroatoms. The van der Waals surface area contributed by atoms with Crippen LogP contribution < -0.4 is 9.80 Å². The van der Waals surface area contributed by atoms with Gasteiger partial charge in [0, 0.05) is 38.8 Å². The van der Waals surface area contributed by atoms with Crippen molar-refractivity contribution >= 4 is 17.4 Å². The van der Waals surface area contributed by atoms with Crippen LogP contribution >= 0.6 is 0 Å². The van der Waals surface area contributed by atoms with Crippen molar-refractivity contribution in [1.29, 1.82) is 0 Å². The van der Waals surface area contributed by atoms with Crippen LogP contribution in [0.2, 0.25) is 0 Å². The number of anilines is 2. The van der Waals surface area contributed by atoms with Crippen molar-refractivity contribution in [3.05, 3.63) is 18.3 Å². The normalized spacial score (nSPS) is 33.1. The summed E-state index contributed by atoms with van der Waals surface area (Å²) in [6, 6.07) is 4.68. The predicted molar refractivity (Wildman–Crippen MR) is 114 cm³/mol. The quantitative estimate of drug-likeness (QED) is 0.848. The van der Waals surface area contributed by atoms with Crippen LogP contribution in [-0.2, 0) is 4.79 Å². The molecule has 0 radical (unpaired) electrons. The second kappa shape index (κ2) is 7.78. The Morgan fingerprint density at radius 2 is 1.69 bits per heavy atom. The van der Waals surface area contributed by atoms with Crippen molar-refractivity contribution in [2.24, 2.45) is 5.41 Å². The number of aromatic nitrogens is 1. The standard InChI is InChI=1S/C23H34N4O2/c28-20-7-4-18(5-8-20)27-15-11-23(22(27)29)10-3-14-26(17-23)21-9-6-19(16-24-21)25-12-1-2-13-25/h6,9,16,18,20,28H,1-5,7-8,10-15,17H2/t18-,20-,23-/m0/s1. The largest absolute Gasteiger partial charge is 0.393 e. The van der Waals surface area contributed by atoms with Gasteiger partial charge in [0.1, 0.15) is 5.82 Å². The van der Waals surface area contributed by atoms with Crippen molar-refractivity contribution in [3.8, 4) is 0 Å². The van der Waals surface area contributed by atoms with Crippen LogP contribution in [0.4, 0.5) is 11.5 Å². The smallest absolute Gasteiger partial charge is 0.230 e. The van der Waals surface area contributed by atoms with Gasteiger partial charge in [-0.3, -0.25) is 4.79 Å². The van der Waals surface area contributed by atoms with E-state index in [9.17, 15) is 9.90 Å². The van der Waals surface area contributed by atoms with Crippen LogP contribution in [0.3, 0.4) is 0 Å². The van der Waals surface area contributed by atoms with Crippen LogP contribution in [-0.4, -0.2) is 65.8 Å². The number of likely N-dealkylation sites (tertiary alicyclic amines) is 1. The molecule has 1 amide bonds. The highest BCUT2D eigenvalue weighted by Gasteiger charge is 2.50. The molecule has 3 saturated heterocycles. The number of carbonyl (C=O) groups is 1. The van der Waals surface area contributed by atoms with Gasteiger partial charge in [-0.1, -0.05) is 0 Å². The Morgan fingerprint density at radius 1 is 0.931 bits per heavy atom. The lowest BCUT2D eigenvalue weighted by Gasteiger charge is -2.41. The van der Waals surface area contributed by atoms with E-state index in [1.807, 2.05) is 6.20 Å². The fourth-order valence-corrected chi connectivity index (χ4v) is 6.00. The van der Waals surface area contributed by atoms with E-state index >= 15 is 0 Å². The van der Waals surface area contributed by atoms with Crippen molar-refractivity contribution in [1.82, 2.24) is 9.88 Å². The monoisotopic (exact) mass is 398 g/mol. The minimum Gasteiger partial charge on any atom is -0.393 e. The summed E-state index contributed by atoms with van der Waals surface area (Å²) >= 11 is 0. The topological polar surface area (TPSA) is 59.9 Å². The van der Waals surface area contributed by atoms with Gasteiger partial charge in [-0.05, 0) is 69.9 Å². The average molecular weight is 399 g/mol. The Morgan fingerprint density at radius 3 is 2.41 bits per heavy atom. The maximum atomic E-state index is 13.5. The molecule has 0 aromatic carbocycles. The number of carbonyl (C=O) groups excluding carboxylic acids is 1. The van der Waals surface area contributed by atoms with E-state index in [1.165, 1.54) is 18.5 Å². The predicted octanol–water partition coefficient (Wildman–Crippen LogP) is 2.80. The maximum Gasteiger partial charge on any atom is 0.230 e. The van der Waals surface area contributed by atoms with E-state index in [0.717, 1.165) is 83.5 Å². The summed E-state index contributed by atoms with van der Waals surface area (Å²) < 4.78 is 0. The number of hydrogen-bond donors (Lipinski definition) is 1. The zero-order valence-electron chi connectivity index (χ0n) is 17.4. The summed E-state index contributed by atoms with van der Waals surface area (Å²) in [5.74, 6) is 1.37. The zero-order valence-corrected chi connectivity index (χ0v) is 17.4. The van der Waals surface area contributed by atoms with E-state index in [0.29, 0.717) is 11.9 Å². The number of hydrogen-bond acceptors (Lipinski definition) is 5. The minimum atomic E-state index is -0.233. The van der Waals surface area contributed by atoms with Crippen molar-refractivity contribution in [3.63, 3.8) is 0 Å². The lowest BCUT2D eigenvalue weighted by atomic mass is 9.78. The van der Waals surface area contributed by atoms with Gasteiger partial charge < -0.3 is 19.8 Å². The van der Waals surface area contributed by atoms with Gasteiger partial charge in [0.15, 0.2) is 0 Å². The number of piperidine rings is 1. The molecule has 6 nitrogen and oxygen atoms in total. The summed E-state index contributed by atoms with van der Waals surface area (Å²) in [5, 5.41) is 9.81. The highest BCUT2D eigenvalue weighted by molar-refractivity contribution is 5.86. The highest BCUT2D eigenvalue weighted by atomic mass is 16.3. The van der Waals surface area contributed by atoms with Crippen molar-refractivity contribution in [2.45, 2.75) is 69.9 Å². The van der Waals surface area contributed by atoms with Crippen LogP contribution in [0.15, 0.2) is 18.3 Å². The van der Waals surface area contributed by atoms with E-state index < -0.39 is 0 Å². The average Bonchev–Trinajstić information content (AvgIpc) is 3.39. The third-order valence-electron chi connectivity index (χ3n) is 7.76. The molecule has 4 aliphatic rings. The van der Waals surface area contributed by atoms with Gasteiger partial charge in [0.2, 0.25) is 5.91 Å². The summed E-state index contributed by atoms with van der Waals surface area (Å²) in [5.41, 5.74) is 0.990. The summed E-state index contributed by atoms with van der Waals surface area (Å²) in [6.07, 6.45) is 11.0. The number of aliphatic hydroxyl groups excluding tert-OH is 1. The summed E-state index contributed by atoms with van der Waals surface area (Å²) in [4.78, 5) is 25.2. The van der Waals surface area contributed by atoms with Crippen molar-refractivity contribution in [2.75, 3.05) is 42.5 Å². The van der Waals surface area contributed by atoms with Crippen molar-refractivity contribution < 1.29 is 9.90 Å². The van der Waals surface area contributed by atoms with Gasteiger partial charge >= 0.3 is 0 Å². The minimum absolute atomic E-state index is 0.169. The molecular formula is C23H34N4O2. The van der Waals surface area contributed by atoms with Gasteiger partial charge in [-0.15, -0.1) is 0 Å². The molecule has 1 aliphatic carbocycles. The molecule has 158 valence electrons. The number of pyridine rings is 1. The summed E-state index contributed by atoms with van der Waals surface area (Å²) in [6.45, 7) is 4.94. The first-order valence-corrected chi connectivity index (χ1v) is 11.6. The SMILES string of the molecule is O=C1N([C@H]2CC[C@H](O)CC2)CC[C@]12CCCN(c1ccc(N3CCCC3)cn1)C2. The number of amides is 1. The van der Waals surface area contributed by atoms with Crippen LogP contribution in [0, 0.1) is 5.41 Å². The van der Waals surface area contributed by atoms with Crippen LogP contribution in [0.1, 0.15) is 57.8 Å². The molecule has 0 bridgehead atoms. The Kier molecular flexibility index (Phi) is 5.14. The number of aliphatic hydroxyl groups is 1. The Labute approximate surface area is 173 Å². The molecule has 4 fully saturated rings. The molecule has 29 heavy (non-hydrogen) atoms. The number of rotatable bonds is 3. The molecule has 1 aromatic rings. The first-order chi connectivity index (χ1) is 14.1. The molecule has 3 aliphatic heterocycles. The fourth-order valence-electron chi connectivity index (χ4n) is 6.00. The van der Waals surface area contributed by atoms with Gasteiger partial charge in [0.05, 0.1) is 23.4 Å². The third-order valence-corrected chi connectivity index (χ3v) is 7.76. The van der Waals surface area contributed by atoms with Gasteiger partial charge in [-0.25, -0.2) is 4.98 Å². The molecule has 5 rings (SSSR count). The first kappa shape index (κ1) is 19.2. The van der Waals surface area contributed by atoms with E-state index in [4.69, 9.17) is 4.98 Å². The van der Waals surface area contributed by atoms with E-state index in [2.05, 4.69) is 26.8 Å². The van der Waals surface area contributed by atoms with E-state index in [-0.39, 0.29) is 11.5 Å². The maximum absolute atomic E-state index is 13.5. The molecule has 1 aromatic heterocycles. The van der Waals surface area contributed by atoms with E-state index in [1.54, 1.807) is 0 Å². The lowest BCUT2D eigenvalue weighted by Crippen LogP contribution is -2.50. The molecule has 1 spiro atoms. The second-order valence-electron chi connectivity index (χ2n) is 9.59. The van der Waals surface area contributed by atoms with Gasteiger partial charge in [0.25, 0.3) is 0 Å². The van der Waals surface area contributed by atoms with Crippen LogP contribution in [0.25, 0.3) is 0 Å². The van der Waals surface area contributed by atoms with Crippen LogP contribution in [0.5, 0.6) is 0 Å². The molecule has 1 atom stereocenters. The number of nitrogens with zero attached hydrogens (tertiary/aromatic N) is 4. The molecular weight excluding hydrogens is 364 g/mol.